The summed E-state index contributed by atoms with van der Waals surface area (Å²) >= 11 is 1.05. The van der Waals surface area contributed by atoms with Gasteiger partial charge in [-0.05, 0) is 42.2 Å². The number of phenolic OH excluding ortho intramolecular Hbond substituents is 1. The smallest absolute Gasteiger partial charge is 0.257 e. The Hall–Kier alpha value is -3.85. The number of phenols is 1. The monoisotopic (exact) mass is 505 g/mol. The molecule has 2 aromatic carbocycles. The molecule has 0 spiro atoms. The van der Waals surface area contributed by atoms with Crippen LogP contribution in [0.4, 0.5) is 17.3 Å². The fourth-order valence-electron chi connectivity index (χ4n) is 3.90. The predicted molar refractivity (Wildman–Crippen MR) is 143 cm³/mol. The van der Waals surface area contributed by atoms with E-state index in [9.17, 15) is 9.90 Å². The normalized spacial score (nSPS) is 12.2. The van der Waals surface area contributed by atoms with Crippen molar-refractivity contribution in [2.24, 2.45) is 5.41 Å². The lowest BCUT2D eigenvalue weighted by Crippen LogP contribution is -2.26. The van der Waals surface area contributed by atoms with Gasteiger partial charge in [0.05, 0.1) is 29.0 Å². The van der Waals surface area contributed by atoms with E-state index < -0.39 is 0 Å². The molecule has 0 fully saturated rings. The summed E-state index contributed by atoms with van der Waals surface area (Å²) in [5, 5.41) is 17.6. The van der Waals surface area contributed by atoms with Crippen LogP contribution >= 0.6 is 11.7 Å². The number of anilines is 3. The lowest BCUT2D eigenvalue weighted by Gasteiger charge is -2.30. The van der Waals surface area contributed by atoms with Crippen LogP contribution < -0.4 is 10.6 Å². The second kappa shape index (κ2) is 10.4. The van der Waals surface area contributed by atoms with Crippen molar-refractivity contribution in [3.8, 4) is 5.75 Å². The van der Waals surface area contributed by atoms with Crippen molar-refractivity contribution in [3.63, 3.8) is 0 Å². The van der Waals surface area contributed by atoms with Gasteiger partial charge in [0.2, 0.25) is 0 Å². The molecule has 3 N–H and O–H groups in total. The molecule has 0 aliphatic heterocycles. The van der Waals surface area contributed by atoms with Crippen molar-refractivity contribution in [1.29, 1.82) is 0 Å². The number of amides is 1. The zero-order chi connectivity index (χ0) is 25.9. The molecule has 1 atom stereocenters. The van der Waals surface area contributed by atoms with Crippen LogP contribution in [0.25, 0.3) is 0 Å². The van der Waals surface area contributed by atoms with Crippen LogP contribution in [0.5, 0.6) is 5.75 Å². The van der Waals surface area contributed by atoms with Gasteiger partial charge in [-0.15, -0.1) is 0 Å². The maximum absolute atomic E-state index is 13.1. The molecule has 0 aliphatic carbocycles. The number of nitrogens with one attached hydrogen (secondary N) is 2. The fourth-order valence-corrected chi connectivity index (χ4v) is 4.38. The third-order valence-corrected chi connectivity index (χ3v) is 6.34. The lowest BCUT2D eigenvalue weighted by atomic mass is 9.85. The van der Waals surface area contributed by atoms with Gasteiger partial charge in [0.1, 0.15) is 11.5 Å². The number of hydrogen-bond acceptors (Lipinski definition) is 8. The Balaban J connectivity index is 1.54. The molecule has 4 aromatic rings. The maximum Gasteiger partial charge on any atom is 0.257 e. The Morgan fingerprint density at radius 1 is 1.06 bits per heavy atom. The first-order chi connectivity index (χ1) is 17.1. The highest BCUT2D eigenvalue weighted by Gasteiger charge is 2.30. The Morgan fingerprint density at radius 2 is 1.78 bits per heavy atom. The van der Waals surface area contributed by atoms with Gasteiger partial charge in [-0.25, -0.2) is 0 Å². The average Bonchev–Trinajstić information content (AvgIpc) is 3.46. The molecule has 0 saturated carbocycles. The van der Waals surface area contributed by atoms with Crippen molar-refractivity contribution >= 4 is 35.0 Å². The topological polar surface area (TPSA) is 104 Å². The van der Waals surface area contributed by atoms with E-state index in [1.165, 1.54) is 0 Å². The van der Waals surface area contributed by atoms with E-state index in [4.69, 9.17) is 4.42 Å². The second-order valence-corrected chi connectivity index (χ2v) is 10.4. The molecule has 9 heteroatoms. The van der Waals surface area contributed by atoms with Crippen molar-refractivity contribution in [2.45, 2.75) is 40.3 Å². The molecule has 2 aromatic heterocycles. The van der Waals surface area contributed by atoms with Gasteiger partial charge >= 0.3 is 0 Å². The van der Waals surface area contributed by atoms with Crippen molar-refractivity contribution in [2.75, 3.05) is 17.7 Å². The van der Waals surface area contributed by atoms with E-state index >= 15 is 0 Å². The maximum atomic E-state index is 13.1. The molecule has 4 rings (SSSR count). The van der Waals surface area contributed by atoms with Gasteiger partial charge in [-0.2, -0.15) is 8.75 Å². The van der Waals surface area contributed by atoms with Crippen LogP contribution in [-0.4, -0.2) is 31.7 Å². The van der Waals surface area contributed by atoms with Crippen LogP contribution in [0.3, 0.4) is 0 Å². The highest BCUT2D eigenvalue weighted by atomic mass is 32.1. The number of rotatable bonds is 8. The van der Waals surface area contributed by atoms with Crippen LogP contribution in [0.2, 0.25) is 0 Å². The number of benzene rings is 2. The van der Waals surface area contributed by atoms with Gasteiger partial charge in [0, 0.05) is 13.6 Å². The Morgan fingerprint density at radius 3 is 2.44 bits per heavy atom. The Bertz CT molecular complexity index is 1330. The molecular weight excluding hydrogens is 474 g/mol. The minimum Gasteiger partial charge on any atom is -0.505 e. The highest BCUT2D eigenvalue weighted by Crippen LogP contribution is 2.39. The number of nitrogens with zero attached hydrogens (tertiary/aromatic N) is 3. The first kappa shape index (κ1) is 25.2. The number of aryl methyl sites for hydroxylation is 1. The molecule has 1 amide bonds. The summed E-state index contributed by atoms with van der Waals surface area (Å²) in [5.74, 6) is 2.20. The summed E-state index contributed by atoms with van der Waals surface area (Å²) in [5.41, 5.74) is 1.40. The minimum absolute atomic E-state index is 0.143. The molecule has 0 unspecified atom stereocenters. The van der Waals surface area contributed by atoms with Crippen LogP contribution in [0.15, 0.2) is 65.1 Å². The van der Waals surface area contributed by atoms with E-state index in [1.54, 1.807) is 30.1 Å². The van der Waals surface area contributed by atoms with E-state index in [2.05, 4.69) is 40.2 Å². The first-order valence-electron chi connectivity index (χ1n) is 11.7. The standard InChI is InChI=1S/C27H31N5O3S/c1-17-14-15-21(35-17)23(27(2,3)4)29-25-24(30-36-31-25)28-20-13-9-12-19(22(20)33)26(34)32(5)16-18-10-7-6-8-11-18/h6-15,23,33H,16H2,1-5H3,(H,28,30)(H,29,31)/t23-/m0/s1. The molecule has 2 heterocycles. The SMILES string of the molecule is Cc1ccc([C@H](Nc2nsnc2Nc2cccc(C(=O)N(C)Cc3ccccc3)c2O)C(C)(C)C)o1. The number of carbonyl (C=O) groups is 1. The summed E-state index contributed by atoms with van der Waals surface area (Å²) in [6.07, 6.45) is 0. The molecule has 8 nitrogen and oxygen atoms in total. The van der Waals surface area contributed by atoms with Crippen molar-refractivity contribution in [3.05, 3.63) is 83.3 Å². The van der Waals surface area contributed by atoms with Gasteiger partial charge in [-0.1, -0.05) is 57.2 Å². The van der Waals surface area contributed by atoms with Crippen LogP contribution in [0, 0.1) is 12.3 Å². The summed E-state index contributed by atoms with van der Waals surface area (Å²) in [6.45, 7) is 8.68. The number of hydrogen-bond donors (Lipinski definition) is 3. The molecular formula is C27H31N5O3S. The van der Waals surface area contributed by atoms with Crippen LogP contribution in [-0.2, 0) is 6.54 Å². The molecule has 0 aliphatic rings. The van der Waals surface area contributed by atoms with Crippen molar-refractivity contribution < 1.29 is 14.3 Å². The number of furan rings is 1. The Labute approximate surface area is 215 Å². The first-order valence-corrected chi connectivity index (χ1v) is 12.4. The number of aromatic nitrogens is 2. The van der Waals surface area contributed by atoms with Crippen molar-refractivity contribution in [1.82, 2.24) is 13.6 Å². The lowest BCUT2D eigenvalue weighted by molar-refractivity contribution is 0.0782. The highest BCUT2D eigenvalue weighted by molar-refractivity contribution is 6.99. The van der Waals surface area contributed by atoms with Gasteiger partial charge in [0.25, 0.3) is 5.91 Å². The number of carbonyl (C=O) groups excluding carboxylic acids is 1. The summed E-state index contributed by atoms with van der Waals surface area (Å²) < 4.78 is 14.7. The largest absolute Gasteiger partial charge is 0.505 e. The molecule has 0 bridgehead atoms. The molecule has 188 valence electrons. The summed E-state index contributed by atoms with van der Waals surface area (Å²) in [4.78, 5) is 14.7. The van der Waals surface area contributed by atoms with Gasteiger partial charge < -0.3 is 25.1 Å². The van der Waals surface area contributed by atoms with Gasteiger partial charge in [-0.3, -0.25) is 4.79 Å². The third-order valence-electron chi connectivity index (χ3n) is 5.81. The van der Waals surface area contributed by atoms with Crippen LogP contribution in [0.1, 0.15) is 54.3 Å². The van der Waals surface area contributed by atoms with E-state index in [-0.39, 0.29) is 28.7 Å². The fraction of sp³-hybridized carbons (Fsp3) is 0.296. The third kappa shape index (κ3) is 5.68. The summed E-state index contributed by atoms with van der Waals surface area (Å²) in [6, 6.07) is 18.5. The number of aromatic hydroxyl groups is 1. The average molecular weight is 506 g/mol. The molecule has 36 heavy (non-hydrogen) atoms. The zero-order valence-corrected chi connectivity index (χ0v) is 21.9. The Kier molecular flexibility index (Phi) is 7.30. The molecule has 0 radical (unpaired) electrons. The second-order valence-electron chi connectivity index (χ2n) is 9.83. The molecule has 0 saturated heterocycles. The van der Waals surface area contributed by atoms with E-state index in [0.29, 0.717) is 23.9 Å². The number of para-hydroxylation sites is 1. The zero-order valence-electron chi connectivity index (χ0n) is 21.1. The van der Waals surface area contributed by atoms with Gasteiger partial charge in [0.15, 0.2) is 17.4 Å². The van der Waals surface area contributed by atoms with E-state index in [1.807, 2.05) is 49.4 Å². The minimum atomic E-state index is -0.282. The van der Waals surface area contributed by atoms with E-state index in [0.717, 1.165) is 28.8 Å². The predicted octanol–water partition coefficient (Wildman–Crippen LogP) is 6.36. The quantitative estimate of drug-likeness (QED) is 0.239. The summed E-state index contributed by atoms with van der Waals surface area (Å²) in [7, 11) is 1.71.